The molecule has 2 aromatic carbocycles. The van der Waals surface area contributed by atoms with Crippen LogP contribution >= 0.6 is 0 Å². The lowest BCUT2D eigenvalue weighted by Crippen LogP contribution is -2.24. The van der Waals surface area contributed by atoms with Gasteiger partial charge in [-0.1, -0.05) is 18.2 Å². The van der Waals surface area contributed by atoms with E-state index in [2.05, 4.69) is 33.1 Å². The number of hydrogen-bond donors (Lipinski definition) is 1. The highest BCUT2D eigenvalue weighted by molar-refractivity contribution is 5.83. The number of anilines is 3. The Morgan fingerprint density at radius 1 is 1.14 bits per heavy atom. The first-order valence-corrected chi connectivity index (χ1v) is 12.2. The molecule has 0 spiro atoms. The number of nitriles is 1. The molecule has 0 unspecified atom stereocenters. The zero-order valence-corrected chi connectivity index (χ0v) is 21.9. The van der Waals surface area contributed by atoms with Crippen LogP contribution in [-0.2, 0) is 29.5 Å². The van der Waals surface area contributed by atoms with Gasteiger partial charge in [0.05, 0.1) is 22.7 Å². The number of pyridine rings is 1. The van der Waals surface area contributed by atoms with Crippen LogP contribution in [0.2, 0.25) is 0 Å². The quantitative estimate of drug-likeness (QED) is 0.322. The number of ether oxygens (including phenoxy) is 1. The first-order chi connectivity index (χ1) is 17.6. The number of para-hydroxylation sites is 1. The molecule has 0 aliphatic carbocycles. The predicted octanol–water partition coefficient (Wildman–Crippen LogP) is 5.49. The normalized spacial score (nSPS) is 11.2. The van der Waals surface area contributed by atoms with E-state index >= 15 is 0 Å². The van der Waals surface area contributed by atoms with Crippen molar-refractivity contribution in [1.29, 1.82) is 5.26 Å². The molecule has 0 atom stereocenters. The molecule has 190 valence electrons. The number of hydrogen-bond acceptors (Lipinski definition) is 7. The van der Waals surface area contributed by atoms with E-state index < -0.39 is 5.60 Å². The highest BCUT2D eigenvalue weighted by Gasteiger charge is 2.17. The third-order valence-corrected chi connectivity index (χ3v) is 5.98. The lowest BCUT2D eigenvalue weighted by molar-refractivity contribution is -0.154. The van der Waals surface area contributed by atoms with Crippen molar-refractivity contribution in [3.05, 3.63) is 77.5 Å². The van der Waals surface area contributed by atoms with Gasteiger partial charge in [-0.05, 0) is 74.7 Å². The van der Waals surface area contributed by atoms with Gasteiger partial charge in [0.25, 0.3) is 0 Å². The van der Waals surface area contributed by atoms with Crippen LogP contribution in [0.25, 0.3) is 11.0 Å². The van der Waals surface area contributed by atoms with Gasteiger partial charge in [0.1, 0.15) is 11.4 Å². The third-order valence-electron chi connectivity index (χ3n) is 5.98. The highest BCUT2D eigenvalue weighted by Crippen LogP contribution is 2.28. The van der Waals surface area contributed by atoms with Gasteiger partial charge in [-0.2, -0.15) is 5.26 Å². The second-order valence-corrected chi connectivity index (χ2v) is 9.97. The van der Waals surface area contributed by atoms with Crippen molar-refractivity contribution in [2.24, 2.45) is 7.05 Å². The smallest absolute Gasteiger partial charge is 0.306 e. The van der Waals surface area contributed by atoms with Gasteiger partial charge in [-0.25, -0.2) is 9.97 Å². The Labute approximate surface area is 217 Å². The van der Waals surface area contributed by atoms with Crippen molar-refractivity contribution < 1.29 is 9.53 Å². The molecule has 2 aromatic heterocycles. The van der Waals surface area contributed by atoms with E-state index in [-0.39, 0.29) is 5.97 Å². The Morgan fingerprint density at radius 3 is 2.54 bits per heavy atom. The lowest BCUT2D eigenvalue weighted by atomic mass is 10.1. The number of nitrogens with zero attached hydrogens (tertiary/aromatic N) is 5. The molecule has 0 aliphatic rings. The fourth-order valence-electron chi connectivity index (χ4n) is 4.08. The van der Waals surface area contributed by atoms with Crippen LogP contribution in [-0.4, -0.2) is 33.2 Å². The van der Waals surface area contributed by atoms with Gasteiger partial charge in [0, 0.05) is 38.9 Å². The van der Waals surface area contributed by atoms with Crippen molar-refractivity contribution in [2.45, 2.75) is 45.8 Å². The molecule has 0 fully saturated rings. The molecule has 1 N–H and O–H groups in total. The molecule has 0 amide bonds. The van der Waals surface area contributed by atoms with Crippen molar-refractivity contribution >= 4 is 34.5 Å². The summed E-state index contributed by atoms with van der Waals surface area (Å²) in [5.74, 6) is 1.35. The fraction of sp³-hybridized carbons (Fsp3) is 0.310. The molecule has 8 nitrogen and oxygen atoms in total. The molecule has 2 heterocycles. The lowest BCUT2D eigenvalue weighted by Gasteiger charge is -2.19. The van der Waals surface area contributed by atoms with E-state index in [4.69, 9.17) is 15.0 Å². The summed E-state index contributed by atoms with van der Waals surface area (Å²) in [4.78, 5) is 23.4. The average Bonchev–Trinajstić information content (AvgIpc) is 3.22. The fourth-order valence-corrected chi connectivity index (χ4v) is 4.08. The standard InChI is InChI=1S/C29H32N6O2/c1-29(2,3)37-26(36)16-12-21-11-15-25(31-18-21)32-19-22-7-6-8-24-27(22)33-28(35(24)5)34(4)23-13-9-20(17-30)10-14-23/h6-11,13-15,18H,12,16,19H2,1-5H3,(H,31,32). The summed E-state index contributed by atoms with van der Waals surface area (Å²) in [7, 11) is 3.97. The number of fused-ring (bicyclic) bond motifs is 1. The topological polar surface area (TPSA) is 96.1 Å². The van der Waals surface area contributed by atoms with E-state index in [1.54, 1.807) is 18.3 Å². The maximum atomic E-state index is 12.0. The maximum absolute atomic E-state index is 12.0. The molecular formula is C29H32N6O2. The zero-order valence-electron chi connectivity index (χ0n) is 21.9. The summed E-state index contributed by atoms with van der Waals surface area (Å²) in [6.07, 6.45) is 2.70. The third kappa shape index (κ3) is 6.25. The Bertz CT molecular complexity index is 1430. The summed E-state index contributed by atoms with van der Waals surface area (Å²) in [6.45, 7) is 6.17. The second kappa shape index (κ2) is 10.7. The largest absolute Gasteiger partial charge is 0.460 e. The van der Waals surface area contributed by atoms with Crippen LogP contribution in [0, 0.1) is 11.3 Å². The monoisotopic (exact) mass is 496 g/mol. The molecule has 0 aliphatic heterocycles. The van der Waals surface area contributed by atoms with Gasteiger partial charge in [-0.3, -0.25) is 4.79 Å². The Kier molecular flexibility index (Phi) is 7.44. The van der Waals surface area contributed by atoms with Gasteiger partial charge in [-0.15, -0.1) is 0 Å². The van der Waals surface area contributed by atoms with Crippen molar-refractivity contribution in [3.63, 3.8) is 0 Å². The number of rotatable bonds is 8. The Hall–Kier alpha value is -4.38. The van der Waals surface area contributed by atoms with Crippen LogP contribution in [0.5, 0.6) is 0 Å². The average molecular weight is 497 g/mol. The summed E-state index contributed by atoms with van der Waals surface area (Å²) in [5.41, 5.74) is 5.09. The van der Waals surface area contributed by atoms with E-state index in [1.807, 2.05) is 70.1 Å². The summed E-state index contributed by atoms with van der Waals surface area (Å²) in [5, 5.41) is 12.5. The summed E-state index contributed by atoms with van der Waals surface area (Å²) < 4.78 is 7.44. The summed E-state index contributed by atoms with van der Waals surface area (Å²) in [6, 6.07) is 19.6. The number of aryl methyl sites for hydroxylation is 2. The van der Waals surface area contributed by atoms with Crippen LogP contribution < -0.4 is 10.2 Å². The minimum atomic E-state index is -0.473. The van der Waals surface area contributed by atoms with Crippen molar-refractivity contribution in [3.8, 4) is 6.07 Å². The number of imidazole rings is 1. The molecule has 0 radical (unpaired) electrons. The van der Waals surface area contributed by atoms with Crippen molar-refractivity contribution in [2.75, 3.05) is 17.3 Å². The molecule has 4 rings (SSSR count). The molecule has 8 heteroatoms. The van der Waals surface area contributed by atoms with Crippen molar-refractivity contribution in [1.82, 2.24) is 14.5 Å². The van der Waals surface area contributed by atoms with Crippen LogP contribution in [0.15, 0.2) is 60.8 Å². The number of nitrogens with one attached hydrogen (secondary N) is 1. The molecular weight excluding hydrogens is 464 g/mol. The molecule has 4 aromatic rings. The van der Waals surface area contributed by atoms with Gasteiger partial charge in [0.2, 0.25) is 5.95 Å². The predicted molar refractivity (Wildman–Crippen MR) is 146 cm³/mol. The minimum Gasteiger partial charge on any atom is -0.460 e. The van der Waals surface area contributed by atoms with Crippen LogP contribution in [0.1, 0.15) is 43.9 Å². The van der Waals surface area contributed by atoms with Gasteiger partial charge < -0.3 is 19.5 Å². The highest BCUT2D eigenvalue weighted by atomic mass is 16.6. The number of carbonyl (C=O) groups is 1. The Morgan fingerprint density at radius 2 is 1.89 bits per heavy atom. The van der Waals surface area contributed by atoms with Crippen LogP contribution in [0.3, 0.4) is 0 Å². The first-order valence-electron chi connectivity index (χ1n) is 12.2. The first kappa shape index (κ1) is 25.7. The van der Waals surface area contributed by atoms with E-state index in [0.29, 0.717) is 24.9 Å². The number of benzene rings is 2. The number of esters is 1. The minimum absolute atomic E-state index is 0.206. The second-order valence-electron chi connectivity index (χ2n) is 9.97. The van der Waals surface area contributed by atoms with E-state index in [1.165, 1.54) is 0 Å². The SMILES string of the molecule is CN(c1ccc(C#N)cc1)c1nc2c(CNc3ccc(CCC(=O)OC(C)(C)C)cn3)cccc2n1C. The number of carbonyl (C=O) groups excluding carboxylic acids is 1. The molecule has 0 bridgehead atoms. The number of aromatic nitrogens is 3. The van der Waals surface area contributed by atoms with E-state index in [0.717, 1.165) is 39.6 Å². The molecule has 37 heavy (non-hydrogen) atoms. The van der Waals surface area contributed by atoms with Gasteiger partial charge in [0.15, 0.2) is 0 Å². The Balaban J connectivity index is 1.44. The summed E-state index contributed by atoms with van der Waals surface area (Å²) >= 11 is 0. The maximum Gasteiger partial charge on any atom is 0.306 e. The zero-order chi connectivity index (χ0) is 26.6. The molecule has 0 saturated heterocycles. The molecule has 0 saturated carbocycles. The van der Waals surface area contributed by atoms with E-state index in [9.17, 15) is 4.79 Å². The van der Waals surface area contributed by atoms with Crippen LogP contribution in [0.4, 0.5) is 17.5 Å². The van der Waals surface area contributed by atoms with Gasteiger partial charge >= 0.3 is 5.97 Å².